The van der Waals surface area contributed by atoms with E-state index in [1.54, 1.807) is 6.07 Å². The molecule has 0 heterocycles. The zero-order valence-electron chi connectivity index (χ0n) is 14.5. The van der Waals surface area contributed by atoms with E-state index in [0.717, 1.165) is 16.7 Å². The minimum atomic E-state index is -1.37. The summed E-state index contributed by atoms with van der Waals surface area (Å²) in [5.41, 5.74) is 2.65. The molecule has 0 bridgehead atoms. The number of hydrogen-bond donors (Lipinski definition) is 2. The van der Waals surface area contributed by atoms with Crippen LogP contribution in [0.25, 0.3) is 11.1 Å². The first-order valence-electron chi connectivity index (χ1n) is 7.92. The second-order valence-corrected chi connectivity index (χ2v) is 9.22. The molecule has 0 spiro atoms. The molecule has 0 fully saturated rings. The Labute approximate surface area is 156 Å². The van der Waals surface area contributed by atoms with Crippen LogP contribution in [0, 0.1) is 0 Å². The second-order valence-electron chi connectivity index (χ2n) is 6.79. The Morgan fingerprint density at radius 2 is 1.80 bits per heavy atom. The highest BCUT2D eigenvalue weighted by Crippen LogP contribution is 2.28. The highest BCUT2D eigenvalue weighted by molar-refractivity contribution is 7.90. The third-order valence-corrected chi connectivity index (χ3v) is 5.48. The number of carboxylic acids is 1. The second kappa shape index (κ2) is 8.23. The standard InChI is InChI=1S/C19H22ClNO3S/c1-19(2,3)25(24)21-17(12-18(22)23)15-8-4-6-13(10-15)14-7-5-9-16(20)11-14/h4-11,17,21H,12H2,1-3H3,(H,22,23)/t17?,25-/m1/s1. The Hall–Kier alpha value is -1.53. The van der Waals surface area contributed by atoms with E-state index in [9.17, 15) is 14.5 Å². The molecular formula is C19H22ClNO3S. The third kappa shape index (κ3) is 5.75. The van der Waals surface area contributed by atoms with E-state index < -0.39 is 28.1 Å². The number of aliphatic carboxylic acids is 1. The zero-order chi connectivity index (χ0) is 18.6. The van der Waals surface area contributed by atoms with Gasteiger partial charge in [0.05, 0.1) is 12.5 Å². The van der Waals surface area contributed by atoms with Crippen LogP contribution in [0.4, 0.5) is 0 Å². The normalized spacial score (nSPS) is 14.1. The Morgan fingerprint density at radius 1 is 1.20 bits per heavy atom. The van der Waals surface area contributed by atoms with Gasteiger partial charge in [0.15, 0.2) is 0 Å². The molecule has 2 rings (SSSR count). The molecule has 4 nitrogen and oxygen atoms in total. The number of halogens is 1. The number of nitrogens with one attached hydrogen (secondary N) is 1. The first kappa shape index (κ1) is 19.8. The number of rotatable bonds is 6. The van der Waals surface area contributed by atoms with Crippen molar-refractivity contribution in [1.29, 1.82) is 0 Å². The summed E-state index contributed by atoms with van der Waals surface area (Å²) in [5.74, 6) is -0.948. The van der Waals surface area contributed by atoms with Crippen LogP contribution in [0.15, 0.2) is 48.5 Å². The minimum absolute atomic E-state index is 0.152. The topological polar surface area (TPSA) is 72.4 Å². The number of carboxylic acid groups (broad SMARTS) is 1. The highest BCUT2D eigenvalue weighted by Gasteiger charge is 2.30. The van der Waals surface area contributed by atoms with Gasteiger partial charge in [-0.2, -0.15) is 0 Å². The largest absolute Gasteiger partial charge is 0.598 e. The fourth-order valence-electron chi connectivity index (χ4n) is 2.31. The van der Waals surface area contributed by atoms with Gasteiger partial charge in [-0.1, -0.05) is 41.9 Å². The van der Waals surface area contributed by atoms with Gasteiger partial charge in [0, 0.05) is 16.4 Å². The Balaban J connectivity index is 2.34. The monoisotopic (exact) mass is 379 g/mol. The summed E-state index contributed by atoms with van der Waals surface area (Å²) < 4.78 is 14.9. The first-order valence-corrected chi connectivity index (χ1v) is 9.45. The first-order chi connectivity index (χ1) is 11.7. The minimum Gasteiger partial charge on any atom is -0.598 e. The maximum Gasteiger partial charge on any atom is 0.305 e. The van der Waals surface area contributed by atoms with Gasteiger partial charge in [0.25, 0.3) is 0 Å². The maximum atomic E-state index is 12.4. The smallest absolute Gasteiger partial charge is 0.305 e. The molecule has 25 heavy (non-hydrogen) atoms. The summed E-state index contributed by atoms with van der Waals surface area (Å²) in [6.07, 6.45) is -0.152. The average Bonchev–Trinajstić information content (AvgIpc) is 2.53. The van der Waals surface area contributed by atoms with Crippen molar-refractivity contribution < 1.29 is 14.5 Å². The summed E-state index contributed by atoms with van der Waals surface area (Å²) in [6.45, 7) is 5.53. The molecule has 0 saturated carbocycles. The molecule has 2 N–H and O–H groups in total. The quantitative estimate of drug-likeness (QED) is 0.721. The summed E-state index contributed by atoms with van der Waals surface area (Å²) in [4.78, 5) is 11.3. The van der Waals surface area contributed by atoms with E-state index in [-0.39, 0.29) is 6.42 Å². The van der Waals surface area contributed by atoms with Gasteiger partial charge in [-0.3, -0.25) is 4.79 Å². The molecule has 0 radical (unpaired) electrons. The van der Waals surface area contributed by atoms with Gasteiger partial charge in [-0.15, -0.1) is 4.72 Å². The van der Waals surface area contributed by atoms with Crippen molar-refractivity contribution in [3.63, 3.8) is 0 Å². The van der Waals surface area contributed by atoms with E-state index in [4.69, 9.17) is 11.6 Å². The van der Waals surface area contributed by atoms with Crippen LogP contribution in [0.5, 0.6) is 0 Å². The lowest BCUT2D eigenvalue weighted by atomic mass is 9.98. The van der Waals surface area contributed by atoms with Crippen LogP contribution in [-0.4, -0.2) is 20.4 Å². The third-order valence-electron chi connectivity index (χ3n) is 3.63. The summed E-state index contributed by atoms with van der Waals surface area (Å²) >= 11 is 4.68. The molecule has 1 unspecified atom stereocenters. The number of carbonyl (C=O) groups is 1. The summed E-state index contributed by atoms with van der Waals surface area (Å²) in [7, 11) is 0. The van der Waals surface area contributed by atoms with Crippen LogP contribution in [-0.2, 0) is 16.2 Å². The number of benzene rings is 2. The van der Waals surface area contributed by atoms with E-state index in [2.05, 4.69) is 4.72 Å². The predicted molar refractivity (Wildman–Crippen MR) is 103 cm³/mol. The van der Waals surface area contributed by atoms with Crippen molar-refractivity contribution in [3.05, 3.63) is 59.1 Å². The highest BCUT2D eigenvalue weighted by atomic mass is 35.5. The van der Waals surface area contributed by atoms with Crippen LogP contribution in [0.3, 0.4) is 0 Å². The van der Waals surface area contributed by atoms with E-state index >= 15 is 0 Å². The molecule has 0 aliphatic heterocycles. The van der Waals surface area contributed by atoms with Gasteiger partial charge in [0.2, 0.25) is 0 Å². The fraction of sp³-hybridized carbons (Fsp3) is 0.316. The SMILES string of the molecule is CC(C)(C)[S@@+]([O-])NC(CC(=O)O)c1cccc(-c2cccc(Cl)c2)c1. The molecule has 6 heteroatoms. The van der Waals surface area contributed by atoms with Crippen molar-refractivity contribution in [2.45, 2.75) is 38.0 Å². The van der Waals surface area contributed by atoms with Crippen molar-refractivity contribution >= 4 is 28.9 Å². The molecule has 2 aromatic carbocycles. The molecular weight excluding hydrogens is 358 g/mol. The zero-order valence-corrected chi connectivity index (χ0v) is 16.0. The Bertz CT molecular complexity index is 745. The molecule has 0 aliphatic carbocycles. The van der Waals surface area contributed by atoms with Gasteiger partial charge >= 0.3 is 5.97 Å². The molecule has 0 amide bonds. The van der Waals surface area contributed by atoms with Crippen molar-refractivity contribution in [1.82, 2.24) is 4.72 Å². The lowest BCUT2D eigenvalue weighted by Crippen LogP contribution is -2.41. The van der Waals surface area contributed by atoms with Gasteiger partial charge < -0.3 is 9.66 Å². The van der Waals surface area contributed by atoms with Gasteiger partial charge in [-0.05, 0) is 55.7 Å². The van der Waals surface area contributed by atoms with Crippen molar-refractivity contribution in [2.75, 3.05) is 0 Å². The van der Waals surface area contributed by atoms with Gasteiger partial charge in [0.1, 0.15) is 4.75 Å². The fourth-order valence-corrected chi connectivity index (χ4v) is 3.33. The van der Waals surface area contributed by atoms with E-state index in [1.807, 2.05) is 63.2 Å². The summed E-state index contributed by atoms with van der Waals surface area (Å²) in [5, 5.41) is 9.86. The Kier molecular flexibility index (Phi) is 6.52. The molecule has 0 saturated heterocycles. The van der Waals surface area contributed by atoms with Crippen molar-refractivity contribution in [2.24, 2.45) is 0 Å². The molecule has 2 aromatic rings. The van der Waals surface area contributed by atoms with E-state index in [1.165, 1.54) is 0 Å². The Morgan fingerprint density at radius 3 is 2.36 bits per heavy atom. The number of hydrogen-bond acceptors (Lipinski definition) is 3. The van der Waals surface area contributed by atoms with Crippen LogP contribution >= 0.6 is 11.6 Å². The lowest BCUT2D eigenvalue weighted by molar-refractivity contribution is -0.137. The van der Waals surface area contributed by atoms with Crippen LogP contribution in [0.1, 0.15) is 38.8 Å². The molecule has 0 aliphatic rings. The van der Waals surface area contributed by atoms with Crippen LogP contribution in [0.2, 0.25) is 5.02 Å². The molecule has 0 aromatic heterocycles. The maximum absolute atomic E-state index is 12.4. The predicted octanol–water partition coefficient (Wildman–Crippen LogP) is 4.57. The molecule has 2 atom stereocenters. The van der Waals surface area contributed by atoms with E-state index in [0.29, 0.717) is 5.02 Å². The average molecular weight is 380 g/mol. The van der Waals surface area contributed by atoms with Gasteiger partial charge in [-0.25, -0.2) is 0 Å². The van der Waals surface area contributed by atoms with Crippen molar-refractivity contribution in [3.8, 4) is 11.1 Å². The molecule has 134 valence electrons. The van der Waals surface area contributed by atoms with Crippen LogP contribution < -0.4 is 4.72 Å². The lowest BCUT2D eigenvalue weighted by Gasteiger charge is -2.27. The summed E-state index contributed by atoms with van der Waals surface area (Å²) in [6, 6.07) is 14.5.